The first-order valence-corrected chi connectivity index (χ1v) is 9.92. The summed E-state index contributed by atoms with van der Waals surface area (Å²) in [6.45, 7) is 3.41. The molecule has 29 heavy (non-hydrogen) atoms. The zero-order valence-electron chi connectivity index (χ0n) is 16.6. The van der Waals surface area contributed by atoms with Gasteiger partial charge in [0.2, 0.25) is 5.91 Å². The van der Waals surface area contributed by atoms with Crippen molar-refractivity contribution in [3.8, 4) is 0 Å². The Morgan fingerprint density at radius 1 is 1.24 bits per heavy atom. The van der Waals surface area contributed by atoms with Gasteiger partial charge in [0, 0.05) is 24.1 Å². The van der Waals surface area contributed by atoms with Crippen LogP contribution in [0.5, 0.6) is 0 Å². The monoisotopic (exact) mass is 408 g/mol. The first-order chi connectivity index (χ1) is 13.6. The van der Waals surface area contributed by atoms with Crippen LogP contribution in [0, 0.1) is 34.0 Å². The standard InChI is InChI=1S/C21H27F3N4O/c1-13-12-28(18(29)14(2)21(22,23)24)11-8-16(13)20(9-10-20)19(26)27-17(25)15-6-4-3-5-7-15/h3-7,13-14,16H,8-12H2,1-2H3,(H3,25,26,27)/t13-,14-,16+/m0/s1. The van der Waals surface area contributed by atoms with E-state index in [-0.39, 0.29) is 36.2 Å². The molecule has 0 spiro atoms. The number of halogens is 3. The van der Waals surface area contributed by atoms with Crippen molar-refractivity contribution in [2.24, 2.45) is 23.2 Å². The number of nitrogens with one attached hydrogen (secondary N) is 3. The predicted octanol–water partition coefficient (Wildman–Crippen LogP) is 4.04. The molecule has 3 atom stereocenters. The van der Waals surface area contributed by atoms with E-state index >= 15 is 0 Å². The average molecular weight is 408 g/mol. The smallest absolute Gasteiger partial charge is 0.342 e. The van der Waals surface area contributed by atoms with Gasteiger partial charge in [-0.2, -0.15) is 13.2 Å². The largest absolute Gasteiger partial charge is 0.400 e. The molecule has 1 aromatic carbocycles. The summed E-state index contributed by atoms with van der Waals surface area (Å²) in [7, 11) is 0. The first kappa shape index (κ1) is 21.3. The van der Waals surface area contributed by atoms with Gasteiger partial charge < -0.3 is 10.2 Å². The molecule has 3 rings (SSSR count). The van der Waals surface area contributed by atoms with Crippen molar-refractivity contribution in [2.45, 2.75) is 39.3 Å². The van der Waals surface area contributed by atoms with Crippen LogP contribution in [0.2, 0.25) is 0 Å². The Labute approximate surface area is 168 Å². The maximum Gasteiger partial charge on any atom is 0.400 e. The molecule has 1 aliphatic heterocycles. The van der Waals surface area contributed by atoms with Gasteiger partial charge in [0.25, 0.3) is 0 Å². The summed E-state index contributed by atoms with van der Waals surface area (Å²) >= 11 is 0. The zero-order valence-corrected chi connectivity index (χ0v) is 16.6. The van der Waals surface area contributed by atoms with Crippen molar-refractivity contribution in [3.05, 3.63) is 35.9 Å². The molecule has 5 nitrogen and oxygen atoms in total. The molecule has 0 unspecified atom stereocenters. The number of carbonyl (C=O) groups is 1. The van der Waals surface area contributed by atoms with Crippen molar-refractivity contribution >= 4 is 17.6 Å². The van der Waals surface area contributed by atoms with Gasteiger partial charge in [-0.05, 0) is 38.0 Å². The third-order valence-electron chi connectivity index (χ3n) is 6.39. The molecule has 2 fully saturated rings. The number of likely N-dealkylation sites (tertiary alicyclic amines) is 1. The van der Waals surface area contributed by atoms with Gasteiger partial charge in [-0.25, -0.2) is 0 Å². The quantitative estimate of drug-likeness (QED) is 0.519. The highest BCUT2D eigenvalue weighted by molar-refractivity contribution is 6.09. The minimum Gasteiger partial charge on any atom is -0.342 e. The van der Waals surface area contributed by atoms with E-state index in [9.17, 15) is 18.0 Å². The summed E-state index contributed by atoms with van der Waals surface area (Å²) in [5.74, 6) is -2.30. The summed E-state index contributed by atoms with van der Waals surface area (Å²) in [5, 5.41) is 19.7. The Hall–Kier alpha value is -2.38. The fourth-order valence-corrected chi connectivity index (χ4v) is 4.45. The number of hydrogen-bond donors (Lipinski definition) is 3. The lowest BCUT2D eigenvalue weighted by atomic mass is 9.74. The molecule has 8 heteroatoms. The van der Waals surface area contributed by atoms with Gasteiger partial charge in [0.05, 0.1) is 0 Å². The SMILES string of the molecule is C[C@H]1CN(C(=O)[C@H](C)C(F)(F)F)CC[C@H]1C1(C(=N)NC(=N)c2ccccc2)CC1. The highest BCUT2D eigenvalue weighted by Gasteiger charge is 2.56. The van der Waals surface area contributed by atoms with Crippen LogP contribution in [0.3, 0.4) is 0 Å². The molecule has 3 N–H and O–H groups in total. The lowest BCUT2D eigenvalue weighted by molar-refractivity contribution is -0.187. The van der Waals surface area contributed by atoms with Crippen LogP contribution in [0.1, 0.15) is 38.7 Å². The molecule has 1 aromatic rings. The number of amidine groups is 2. The van der Waals surface area contributed by atoms with Gasteiger partial charge in [-0.3, -0.25) is 15.6 Å². The number of piperidine rings is 1. The topological polar surface area (TPSA) is 80.0 Å². The summed E-state index contributed by atoms with van der Waals surface area (Å²) in [4.78, 5) is 13.5. The van der Waals surface area contributed by atoms with E-state index in [1.807, 2.05) is 25.1 Å². The molecule has 1 saturated carbocycles. The van der Waals surface area contributed by atoms with Crippen molar-refractivity contribution in [1.82, 2.24) is 10.2 Å². The number of amides is 1. The van der Waals surface area contributed by atoms with Crippen LogP contribution in [0.15, 0.2) is 30.3 Å². The fraction of sp³-hybridized carbons (Fsp3) is 0.571. The molecule has 2 aliphatic rings. The summed E-state index contributed by atoms with van der Waals surface area (Å²) in [6, 6.07) is 9.13. The lowest BCUT2D eigenvalue weighted by Crippen LogP contribution is -2.51. The first-order valence-electron chi connectivity index (χ1n) is 9.92. The maximum absolute atomic E-state index is 12.9. The summed E-state index contributed by atoms with van der Waals surface area (Å²) < 4.78 is 38.7. The number of rotatable bonds is 4. The van der Waals surface area contributed by atoms with Crippen LogP contribution in [0.25, 0.3) is 0 Å². The predicted molar refractivity (Wildman–Crippen MR) is 105 cm³/mol. The van der Waals surface area contributed by atoms with Crippen LogP contribution >= 0.6 is 0 Å². The van der Waals surface area contributed by atoms with Crippen molar-refractivity contribution in [2.75, 3.05) is 13.1 Å². The normalized spacial score (nSPS) is 24.5. The van der Waals surface area contributed by atoms with Crippen LogP contribution in [0.4, 0.5) is 13.2 Å². The number of benzene rings is 1. The van der Waals surface area contributed by atoms with E-state index in [1.165, 1.54) is 4.90 Å². The Kier molecular flexibility index (Phi) is 5.74. The Balaban J connectivity index is 1.63. The van der Waals surface area contributed by atoms with E-state index in [1.54, 1.807) is 12.1 Å². The Morgan fingerprint density at radius 3 is 2.38 bits per heavy atom. The molecule has 1 aliphatic carbocycles. The van der Waals surface area contributed by atoms with E-state index in [2.05, 4.69) is 5.32 Å². The zero-order chi connectivity index (χ0) is 21.4. The van der Waals surface area contributed by atoms with Crippen LogP contribution < -0.4 is 5.32 Å². The van der Waals surface area contributed by atoms with Gasteiger partial charge in [0.15, 0.2) is 0 Å². The Morgan fingerprint density at radius 2 is 1.86 bits per heavy atom. The number of carbonyl (C=O) groups excluding carboxylic acids is 1. The number of alkyl halides is 3. The molecule has 0 radical (unpaired) electrons. The summed E-state index contributed by atoms with van der Waals surface area (Å²) in [6.07, 6.45) is -2.31. The Bertz CT molecular complexity index is 789. The fourth-order valence-electron chi connectivity index (χ4n) is 4.45. The average Bonchev–Trinajstić information content (AvgIpc) is 3.48. The lowest BCUT2D eigenvalue weighted by Gasteiger charge is -2.42. The minimum absolute atomic E-state index is 0.0105. The highest BCUT2D eigenvalue weighted by Crippen LogP contribution is 2.57. The second-order valence-corrected chi connectivity index (χ2v) is 8.32. The van der Waals surface area contributed by atoms with E-state index in [4.69, 9.17) is 10.8 Å². The molecular formula is C21H27F3N4O. The second kappa shape index (κ2) is 7.80. The molecule has 1 heterocycles. The third-order valence-corrected chi connectivity index (χ3v) is 6.39. The van der Waals surface area contributed by atoms with Gasteiger partial charge in [0.1, 0.15) is 17.6 Å². The number of hydrogen-bond acceptors (Lipinski definition) is 3. The number of nitrogens with zero attached hydrogens (tertiary/aromatic N) is 1. The van der Waals surface area contributed by atoms with Gasteiger partial charge >= 0.3 is 6.18 Å². The molecule has 1 amide bonds. The molecule has 0 bridgehead atoms. The van der Waals surface area contributed by atoms with Crippen molar-refractivity contribution < 1.29 is 18.0 Å². The minimum atomic E-state index is -4.53. The summed E-state index contributed by atoms with van der Waals surface area (Å²) in [5.41, 5.74) is 0.327. The maximum atomic E-state index is 12.9. The van der Waals surface area contributed by atoms with Crippen molar-refractivity contribution in [1.29, 1.82) is 10.8 Å². The highest BCUT2D eigenvalue weighted by atomic mass is 19.4. The van der Waals surface area contributed by atoms with E-state index < -0.39 is 18.0 Å². The van der Waals surface area contributed by atoms with Crippen molar-refractivity contribution in [3.63, 3.8) is 0 Å². The van der Waals surface area contributed by atoms with Gasteiger partial charge in [-0.15, -0.1) is 0 Å². The third kappa shape index (κ3) is 4.31. The van der Waals surface area contributed by atoms with Gasteiger partial charge in [-0.1, -0.05) is 37.3 Å². The second-order valence-electron chi connectivity index (χ2n) is 8.32. The molecule has 1 saturated heterocycles. The molecule has 158 valence electrons. The van der Waals surface area contributed by atoms with Crippen LogP contribution in [-0.4, -0.2) is 41.7 Å². The molecule has 0 aromatic heterocycles. The van der Waals surface area contributed by atoms with E-state index in [0.717, 1.165) is 19.8 Å². The van der Waals surface area contributed by atoms with Crippen LogP contribution in [-0.2, 0) is 4.79 Å². The molecular weight excluding hydrogens is 381 g/mol. The van der Waals surface area contributed by atoms with E-state index in [0.29, 0.717) is 17.8 Å².